The van der Waals surface area contributed by atoms with Gasteiger partial charge in [-0.05, 0) is 23.6 Å². The molecule has 1 atom stereocenters. The van der Waals surface area contributed by atoms with E-state index in [1.807, 2.05) is 30.3 Å². The number of carboxylic acid groups (broad SMARTS) is 2. The Kier molecular flexibility index (Phi) is 8.46. The number of benzene rings is 2. The molecule has 0 bridgehead atoms. The van der Waals surface area contributed by atoms with Gasteiger partial charge >= 0.3 is 11.9 Å². The second-order valence-corrected chi connectivity index (χ2v) is 5.21. The summed E-state index contributed by atoms with van der Waals surface area (Å²) >= 11 is 0. The van der Waals surface area contributed by atoms with Gasteiger partial charge in [-0.2, -0.15) is 0 Å². The Morgan fingerprint density at radius 1 is 1.00 bits per heavy atom. The molecule has 0 aliphatic rings. The van der Waals surface area contributed by atoms with E-state index in [9.17, 15) is 14.0 Å². The molecule has 1 unspecified atom stereocenters. The van der Waals surface area contributed by atoms with E-state index in [0.717, 1.165) is 11.1 Å². The lowest BCUT2D eigenvalue weighted by Crippen LogP contribution is -2.10. The number of carboxylic acids is 2. The average Bonchev–Trinajstić information content (AvgIpc) is 2.61. The van der Waals surface area contributed by atoms with Crippen molar-refractivity contribution in [3.63, 3.8) is 0 Å². The Morgan fingerprint density at radius 3 is 2.00 bits per heavy atom. The number of nitrogens with two attached hydrogens (primary N) is 1. The lowest BCUT2D eigenvalue weighted by atomic mass is 9.93. The fourth-order valence-corrected chi connectivity index (χ4v) is 2.19. The molecule has 0 fully saturated rings. The number of aliphatic carboxylic acids is 2. The van der Waals surface area contributed by atoms with Crippen LogP contribution in [0.25, 0.3) is 11.1 Å². The maximum absolute atomic E-state index is 13.8. The number of halogens is 1. The quantitative estimate of drug-likeness (QED) is 0.539. The molecule has 5 nitrogen and oxygen atoms in total. The van der Waals surface area contributed by atoms with Crippen molar-refractivity contribution in [2.45, 2.75) is 12.5 Å². The van der Waals surface area contributed by atoms with E-state index in [0.29, 0.717) is 24.1 Å². The summed E-state index contributed by atoms with van der Waals surface area (Å²) < 4.78 is 13.8. The minimum absolute atomic E-state index is 0.154. The van der Waals surface area contributed by atoms with Crippen molar-refractivity contribution in [2.75, 3.05) is 0 Å². The zero-order chi connectivity index (χ0) is 19.5. The Hall–Kier alpha value is -3.25. The van der Waals surface area contributed by atoms with Crippen LogP contribution in [0.2, 0.25) is 0 Å². The van der Waals surface area contributed by atoms with E-state index < -0.39 is 11.9 Å². The third kappa shape index (κ3) is 6.70. The molecule has 0 saturated carbocycles. The highest BCUT2D eigenvalue weighted by atomic mass is 19.1. The van der Waals surface area contributed by atoms with Crippen molar-refractivity contribution in [1.82, 2.24) is 0 Å². The maximum atomic E-state index is 13.8. The molecule has 0 aliphatic carbocycles. The molecule has 26 heavy (non-hydrogen) atoms. The first kappa shape index (κ1) is 20.8. The van der Waals surface area contributed by atoms with Crippen LogP contribution in [-0.2, 0) is 9.59 Å². The Morgan fingerprint density at radius 2 is 1.50 bits per heavy atom. The molecule has 2 aromatic rings. The van der Waals surface area contributed by atoms with Gasteiger partial charge in [0.05, 0.1) is 0 Å². The summed E-state index contributed by atoms with van der Waals surface area (Å²) in [5.41, 5.74) is 8.49. The van der Waals surface area contributed by atoms with E-state index in [-0.39, 0.29) is 11.9 Å². The minimum Gasteiger partial charge on any atom is -0.478 e. The van der Waals surface area contributed by atoms with Crippen molar-refractivity contribution in [2.24, 2.45) is 5.73 Å². The zero-order valence-corrected chi connectivity index (χ0v) is 14.0. The molecule has 0 aromatic heterocycles. The molecule has 2 rings (SSSR count). The third-order valence-corrected chi connectivity index (χ3v) is 3.31. The molecule has 4 N–H and O–H groups in total. The highest BCUT2D eigenvalue weighted by molar-refractivity contribution is 5.89. The van der Waals surface area contributed by atoms with E-state index >= 15 is 0 Å². The van der Waals surface area contributed by atoms with Gasteiger partial charge in [0, 0.05) is 23.8 Å². The smallest absolute Gasteiger partial charge is 0.328 e. The van der Waals surface area contributed by atoms with E-state index in [4.69, 9.17) is 15.9 Å². The molecule has 6 heteroatoms. The summed E-state index contributed by atoms with van der Waals surface area (Å²) in [6.45, 7) is 3.69. The van der Waals surface area contributed by atoms with Crippen LogP contribution in [0.3, 0.4) is 0 Å². The zero-order valence-electron chi connectivity index (χ0n) is 14.0. The van der Waals surface area contributed by atoms with Crippen molar-refractivity contribution in [3.8, 4) is 11.1 Å². The molecule has 0 aliphatic heterocycles. The van der Waals surface area contributed by atoms with Crippen LogP contribution in [0, 0.1) is 5.82 Å². The van der Waals surface area contributed by atoms with Gasteiger partial charge < -0.3 is 15.9 Å². The van der Waals surface area contributed by atoms with Crippen molar-refractivity contribution >= 4 is 11.9 Å². The molecule has 2 aromatic carbocycles. The van der Waals surface area contributed by atoms with Crippen LogP contribution in [0.1, 0.15) is 18.0 Å². The summed E-state index contributed by atoms with van der Waals surface area (Å²) in [4.78, 5) is 19.1. The number of rotatable bonds is 6. The minimum atomic E-state index is -1.26. The van der Waals surface area contributed by atoms with Crippen LogP contribution in [0.4, 0.5) is 4.39 Å². The summed E-state index contributed by atoms with van der Waals surface area (Å²) in [6.07, 6.45) is 3.57. The first-order valence-electron chi connectivity index (χ1n) is 7.71. The fraction of sp³-hybridized carbons (Fsp3) is 0.100. The third-order valence-electron chi connectivity index (χ3n) is 3.31. The molecular formula is C20H20FNO4. The highest BCUT2D eigenvalue weighted by Crippen LogP contribution is 2.30. The highest BCUT2D eigenvalue weighted by Gasteiger charge is 2.13. The summed E-state index contributed by atoms with van der Waals surface area (Å²) in [5, 5.41) is 15.6. The van der Waals surface area contributed by atoms with Crippen molar-refractivity contribution < 1.29 is 24.2 Å². The van der Waals surface area contributed by atoms with Gasteiger partial charge in [0.15, 0.2) is 0 Å². The van der Waals surface area contributed by atoms with E-state index in [1.165, 1.54) is 6.07 Å². The Bertz CT molecular complexity index is 786. The Balaban J connectivity index is 0.000000359. The molecule has 0 heterocycles. The molecule has 0 amide bonds. The first-order chi connectivity index (χ1) is 12.4. The predicted molar refractivity (Wildman–Crippen MR) is 98.0 cm³/mol. The van der Waals surface area contributed by atoms with Crippen LogP contribution in [0.15, 0.2) is 73.3 Å². The second-order valence-electron chi connectivity index (χ2n) is 5.21. The van der Waals surface area contributed by atoms with Crippen molar-refractivity contribution in [3.05, 3.63) is 84.7 Å². The summed E-state index contributed by atoms with van der Waals surface area (Å²) in [6, 6.07) is 14.2. The summed E-state index contributed by atoms with van der Waals surface area (Å²) in [5.74, 6) is -2.74. The number of hydrogen-bond acceptors (Lipinski definition) is 3. The van der Waals surface area contributed by atoms with Gasteiger partial charge in [-0.15, -0.1) is 6.58 Å². The SMILES string of the molecule is C=CCC(N)c1ccccc1-c1ccccc1F.O=C(O)/C=C/C(=O)O. The lowest BCUT2D eigenvalue weighted by molar-refractivity contribution is -0.134. The van der Waals surface area contributed by atoms with Gasteiger partial charge in [0.2, 0.25) is 0 Å². The van der Waals surface area contributed by atoms with Gasteiger partial charge in [-0.25, -0.2) is 14.0 Å². The van der Waals surface area contributed by atoms with Gasteiger partial charge in [-0.1, -0.05) is 48.5 Å². The van der Waals surface area contributed by atoms with Crippen LogP contribution < -0.4 is 5.73 Å². The molecule has 136 valence electrons. The monoisotopic (exact) mass is 357 g/mol. The van der Waals surface area contributed by atoms with Gasteiger partial charge in [0.1, 0.15) is 5.82 Å². The van der Waals surface area contributed by atoms with Crippen LogP contribution >= 0.6 is 0 Å². The van der Waals surface area contributed by atoms with Gasteiger partial charge in [0.25, 0.3) is 0 Å². The first-order valence-corrected chi connectivity index (χ1v) is 7.71. The average molecular weight is 357 g/mol. The molecular weight excluding hydrogens is 337 g/mol. The van der Waals surface area contributed by atoms with E-state index in [2.05, 4.69) is 6.58 Å². The summed E-state index contributed by atoms with van der Waals surface area (Å²) in [7, 11) is 0. The van der Waals surface area contributed by atoms with E-state index in [1.54, 1.807) is 18.2 Å². The maximum Gasteiger partial charge on any atom is 0.328 e. The molecule has 0 saturated heterocycles. The Labute approximate surface area is 150 Å². The van der Waals surface area contributed by atoms with Crippen LogP contribution in [-0.4, -0.2) is 22.2 Å². The molecule has 0 radical (unpaired) electrons. The fourth-order valence-electron chi connectivity index (χ4n) is 2.19. The largest absolute Gasteiger partial charge is 0.478 e. The molecule has 0 spiro atoms. The lowest BCUT2D eigenvalue weighted by Gasteiger charge is -2.15. The normalized spacial score (nSPS) is 11.3. The number of hydrogen-bond donors (Lipinski definition) is 3. The van der Waals surface area contributed by atoms with Crippen molar-refractivity contribution in [1.29, 1.82) is 0 Å². The topological polar surface area (TPSA) is 101 Å². The van der Waals surface area contributed by atoms with Gasteiger partial charge in [-0.3, -0.25) is 0 Å². The van der Waals surface area contributed by atoms with Crippen LogP contribution in [0.5, 0.6) is 0 Å². The number of carbonyl (C=O) groups is 2. The standard InChI is InChI=1S/C16H16FN.C4H4O4/c1-2-7-16(18)14-10-4-3-8-12(14)13-9-5-6-11-15(13)17;5-3(6)1-2-4(7)8/h2-6,8-11,16H,1,7,18H2;1-2H,(H,5,6)(H,7,8)/b;2-1+. The predicted octanol–water partition coefficient (Wildman–Crippen LogP) is 3.78. The second kappa shape index (κ2) is 10.6.